The Morgan fingerprint density at radius 3 is 2.68 bits per heavy atom. The lowest BCUT2D eigenvalue weighted by Crippen LogP contribution is -2.32. The van der Waals surface area contributed by atoms with E-state index in [1.165, 1.54) is 0 Å². The van der Waals surface area contributed by atoms with Gasteiger partial charge in [0.1, 0.15) is 5.75 Å². The maximum Gasteiger partial charge on any atom is 0.255 e. The highest BCUT2D eigenvalue weighted by Gasteiger charge is 2.26. The third-order valence-electron chi connectivity index (χ3n) is 2.42. The van der Waals surface area contributed by atoms with Crippen LogP contribution in [0.5, 0.6) is 5.75 Å². The molecule has 0 heterocycles. The summed E-state index contributed by atoms with van der Waals surface area (Å²) < 4.78 is 5.15. The number of hydrogen-bond donors (Lipinski definition) is 2. The van der Waals surface area contributed by atoms with Crippen LogP contribution < -0.4 is 15.8 Å². The van der Waals surface area contributed by atoms with E-state index in [2.05, 4.69) is 5.32 Å². The van der Waals surface area contributed by atoms with Crippen LogP contribution in [0.25, 0.3) is 0 Å². The van der Waals surface area contributed by atoms with Gasteiger partial charge in [0.25, 0.3) is 5.91 Å². The van der Waals surface area contributed by atoms with Crippen LogP contribution in [0, 0.1) is 5.41 Å². The maximum atomic E-state index is 11.9. The molecule has 3 N–H and O–H groups in total. The maximum absolute atomic E-state index is 11.9. The molecule has 104 valence electrons. The summed E-state index contributed by atoms with van der Waals surface area (Å²) in [6, 6.07) is 6.72. The van der Waals surface area contributed by atoms with Gasteiger partial charge < -0.3 is 15.8 Å². The van der Waals surface area contributed by atoms with Crippen molar-refractivity contribution in [2.45, 2.75) is 13.8 Å². The second-order valence-corrected chi connectivity index (χ2v) is 5.02. The average Bonchev–Trinajstić information content (AvgIpc) is 2.36. The zero-order valence-corrected chi connectivity index (χ0v) is 11.7. The lowest BCUT2D eigenvalue weighted by Gasteiger charge is -2.20. The Labute approximate surface area is 117 Å². The standard InChI is InChI=1S/C13H17ClN2O3/c1-13(2,8-14)12(18)16-9-4-3-5-10(6-9)19-7-11(15)17/h3-6H,7-8H2,1-2H3,(H2,15,17)(H,16,18). The molecule has 0 atom stereocenters. The van der Waals surface area contributed by atoms with Gasteiger partial charge in [-0.05, 0) is 26.0 Å². The molecule has 1 rings (SSSR count). The summed E-state index contributed by atoms with van der Waals surface area (Å²) in [5.74, 6) is -0.0657. The van der Waals surface area contributed by atoms with Gasteiger partial charge in [0.2, 0.25) is 5.91 Å². The monoisotopic (exact) mass is 284 g/mol. The summed E-state index contributed by atoms with van der Waals surface area (Å²) in [7, 11) is 0. The number of alkyl halides is 1. The van der Waals surface area contributed by atoms with E-state index in [1.54, 1.807) is 38.1 Å². The highest BCUT2D eigenvalue weighted by molar-refractivity contribution is 6.20. The van der Waals surface area contributed by atoms with Gasteiger partial charge >= 0.3 is 0 Å². The van der Waals surface area contributed by atoms with E-state index in [-0.39, 0.29) is 18.4 Å². The molecule has 0 saturated carbocycles. The Bertz CT molecular complexity index is 475. The summed E-state index contributed by atoms with van der Waals surface area (Å²) >= 11 is 5.73. The fourth-order valence-corrected chi connectivity index (χ4v) is 1.30. The quantitative estimate of drug-likeness (QED) is 0.781. The number of nitrogens with two attached hydrogens (primary N) is 1. The molecule has 6 heteroatoms. The summed E-state index contributed by atoms with van der Waals surface area (Å²) in [6.45, 7) is 3.30. The first-order chi connectivity index (χ1) is 8.85. The van der Waals surface area contributed by atoms with E-state index in [0.29, 0.717) is 11.4 Å². The number of carbonyl (C=O) groups excluding carboxylic acids is 2. The molecule has 0 bridgehead atoms. The lowest BCUT2D eigenvalue weighted by atomic mass is 9.95. The summed E-state index contributed by atoms with van der Waals surface area (Å²) in [6.07, 6.45) is 0. The zero-order valence-electron chi connectivity index (χ0n) is 10.9. The third-order valence-corrected chi connectivity index (χ3v) is 3.09. The third kappa shape index (κ3) is 4.79. The molecule has 0 spiro atoms. The zero-order chi connectivity index (χ0) is 14.5. The van der Waals surface area contributed by atoms with Gasteiger partial charge in [-0.1, -0.05) is 6.07 Å². The molecule has 19 heavy (non-hydrogen) atoms. The number of primary amides is 1. The van der Waals surface area contributed by atoms with Crippen molar-refractivity contribution in [3.8, 4) is 5.75 Å². The number of rotatable bonds is 6. The largest absolute Gasteiger partial charge is 0.484 e. The molecule has 0 aliphatic rings. The molecule has 0 unspecified atom stereocenters. The van der Waals surface area contributed by atoms with Crippen LogP contribution >= 0.6 is 11.6 Å². The molecule has 0 aromatic heterocycles. The first kappa shape index (κ1) is 15.3. The van der Waals surface area contributed by atoms with Crippen molar-refractivity contribution >= 4 is 29.1 Å². The number of ether oxygens (including phenoxy) is 1. The Kier molecular flexibility index (Phi) is 5.18. The van der Waals surface area contributed by atoms with Crippen molar-refractivity contribution in [1.29, 1.82) is 0 Å². The smallest absolute Gasteiger partial charge is 0.255 e. The summed E-state index contributed by atoms with van der Waals surface area (Å²) in [5, 5.41) is 2.74. The van der Waals surface area contributed by atoms with E-state index in [4.69, 9.17) is 22.1 Å². The highest BCUT2D eigenvalue weighted by Crippen LogP contribution is 2.22. The van der Waals surface area contributed by atoms with Gasteiger partial charge in [-0.15, -0.1) is 11.6 Å². The second-order valence-electron chi connectivity index (χ2n) is 4.75. The number of carbonyl (C=O) groups is 2. The molecule has 0 aliphatic heterocycles. The second kappa shape index (κ2) is 6.43. The van der Waals surface area contributed by atoms with Gasteiger partial charge in [-0.2, -0.15) is 0 Å². The fourth-order valence-electron chi connectivity index (χ4n) is 1.18. The molecule has 2 amide bonds. The Morgan fingerprint density at radius 1 is 1.42 bits per heavy atom. The molecule has 0 fully saturated rings. The van der Waals surface area contributed by atoms with Crippen molar-refractivity contribution in [3.05, 3.63) is 24.3 Å². The first-order valence-electron chi connectivity index (χ1n) is 5.74. The molecular formula is C13H17ClN2O3. The van der Waals surface area contributed by atoms with E-state index in [9.17, 15) is 9.59 Å². The minimum absolute atomic E-state index is 0.186. The van der Waals surface area contributed by atoms with E-state index >= 15 is 0 Å². The number of halogens is 1. The predicted molar refractivity (Wildman–Crippen MR) is 74.3 cm³/mol. The predicted octanol–water partition coefficient (Wildman–Crippen LogP) is 1.75. The van der Waals surface area contributed by atoms with Gasteiger partial charge in [0.05, 0.1) is 5.41 Å². The van der Waals surface area contributed by atoms with Gasteiger partial charge in [0, 0.05) is 17.6 Å². The molecular weight excluding hydrogens is 268 g/mol. The number of nitrogens with one attached hydrogen (secondary N) is 1. The molecule has 1 aromatic rings. The number of hydrogen-bond acceptors (Lipinski definition) is 3. The van der Waals surface area contributed by atoms with Crippen molar-refractivity contribution in [2.24, 2.45) is 11.1 Å². The lowest BCUT2D eigenvalue weighted by molar-refractivity contribution is -0.123. The van der Waals surface area contributed by atoms with Crippen LogP contribution in [-0.2, 0) is 9.59 Å². The number of anilines is 1. The van der Waals surface area contributed by atoms with Crippen LogP contribution in [0.3, 0.4) is 0 Å². The van der Waals surface area contributed by atoms with Gasteiger partial charge in [-0.25, -0.2) is 0 Å². The van der Waals surface area contributed by atoms with Crippen LogP contribution in [0.4, 0.5) is 5.69 Å². The highest BCUT2D eigenvalue weighted by atomic mass is 35.5. The molecule has 0 saturated heterocycles. The average molecular weight is 285 g/mol. The Hall–Kier alpha value is -1.75. The molecule has 5 nitrogen and oxygen atoms in total. The van der Waals surface area contributed by atoms with E-state index < -0.39 is 11.3 Å². The van der Waals surface area contributed by atoms with Gasteiger partial charge in [0.15, 0.2) is 6.61 Å². The fraction of sp³-hybridized carbons (Fsp3) is 0.385. The van der Waals surface area contributed by atoms with Crippen LogP contribution in [0.2, 0.25) is 0 Å². The Morgan fingerprint density at radius 2 is 2.11 bits per heavy atom. The minimum Gasteiger partial charge on any atom is -0.484 e. The van der Waals surface area contributed by atoms with E-state index in [1.807, 2.05) is 0 Å². The normalized spacial score (nSPS) is 10.9. The topological polar surface area (TPSA) is 81.4 Å². The van der Waals surface area contributed by atoms with Gasteiger partial charge in [-0.3, -0.25) is 9.59 Å². The van der Waals surface area contributed by atoms with Crippen LogP contribution in [-0.4, -0.2) is 24.3 Å². The van der Waals surface area contributed by atoms with Crippen molar-refractivity contribution in [2.75, 3.05) is 17.8 Å². The van der Waals surface area contributed by atoms with E-state index in [0.717, 1.165) is 0 Å². The first-order valence-corrected chi connectivity index (χ1v) is 6.27. The number of benzene rings is 1. The molecule has 0 aliphatic carbocycles. The number of amides is 2. The molecule has 1 aromatic carbocycles. The van der Waals surface area contributed by atoms with Crippen LogP contribution in [0.1, 0.15) is 13.8 Å². The van der Waals surface area contributed by atoms with Crippen LogP contribution in [0.15, 0.2) is 24.3 Å². The van der Waals surface area contributed by atoms with Crippen molar-refractivity contribution < 1.29 is 14.3 Å². The minimum atomic E-state index is -0.661. The summed E-state index contributed by atoms with van der Waals surface area (Å²) in [5.41, 5.74) is 4.90. The Balaban J connectivity index is 2.72. The van der Waals surface area contributed by atoms with Crippen molar-refractivity contribution in [3.63, 3.8) is 0 Å². The molecule has 0 radical (unpaired) electrons. The summed E-state index contributed by atoms with van der Waals surface area (Å²) in [4.78, 5) is 22.6. The SMILES string of the molecule is CC(C)(CCl)C(=O)Nc1cccc(OCC(N)=O)c1. The van der Waals surface area contributed by atoms with Crippen molar-refractivity contribution in [1.82, 2.24) is 0 Å².